The fourth-order valence-electron chi connectivity index (χ4n) is 1.48. The molecular formula is C9H10N2O3S3. The molecule has 8 heteroatoms. The predicted octanol–water partition coefficient (Wildman–Crippen LogP) is 1.65. The maximum atomic E-state index is 11.2. The lowest BCUT2D eigenvalue weighted by molar-refractivity contribution is 0.331. The second kappa shape index (κ2) is 4.83. The largest absolute Gasteiger partial charge is 0.322 e. The van der Waals surface area contributed by atoms with Crippen LogP contribution in [0.15, 0.2) is 24.3 Å². The highest BCUT2D eigenvalue weighted by Crippen LogP contribution is 2.22. The van der Waals surface area contributed by atoms with E-state index in [1.165, 1.54) is 11.3 Å². The summed E-state index contributed by atoms with van der Waals surface area (Å²) in [5.74, 6) is 4.48. The topological polar surface area (TPSA) is 74.3 Å². The van der Waals surface area contributed by atoms with E-state index in [9.17, 15) is 8.42 Å². The van der Waals surface area contributed by atoms with Crippen molar-refractivity contribution in [2.45, 2.75) is 6.54 Å². The molecule has 0 unspecified atom stereocenters. The van der Waals surface area contributed by atoms with Crippen molar-refractivity contribution in [3.05, 3.63) is 28.2 Å². The average Bonchev–Trinajstić information content (AvgIpc) is 2.62. The van der Waals surface area contributed by atoms with E-state index >= 15 is 0 Å². The third kappa shape index (κ3) is 2.72. The van der Waals surface area contributed by atoms with Crippen molar-refractivity contribution in [2.24, 2.45) is 5.90 Å². The molecule has 0 radical (unpaired) electrons. The number of nitrogens with two attached hydrogens (primary N) is 1. The molecule has 0 spiro atoms. The van der Waals surface area contributed by atoms with Crippen LogP contribution >= 0.6 is 23.6 Å². The maximum Gasteiger partial charge on any atom is 0.284 e. The summed E-state index contributed by atoms with van der Waals surface area (Å²) in [4.78, 5) is 0. The summed E-state index contributed by atoms with van der Waals surface area (Å²) in [6.07, 6.45) is 0. The molecule has 5 nitrogen and oxygen atoms in total. The molecule has 2 N–H and O–H groups in total. The molecule has 1 aromatic carbocycles. The summed E-state index contributed by atoms with van der Waals surface area (Å²) in [5, 5.41) is 0. The van der Waals surface area contributed by atoms with Crippen LogP contribution in [0.1, 0.15) is 0 Å². The fraction of sp³-hybridized carbons (Fsp3) is 0.222. The molecule has 0 atom stereocenters. The lowest BCUT2D eigenvalue weighted by atomic mass is 10.3. The molecule has 0 fully saturated rings. The maximum absolute atomic E-state index is 11.2. The zero-order valence-electron chi connectivity index (χ0n) is 8.70. The van der Waals surface area contributed by atoms with Gasteiger partial charge in [-0.15, -0.1) is 11.3 Å². The smallest absolute Gasteiger partial charge is 0.284 e. The molecule has 0 aliphatic heterocycles. The molecule has 1 aromatic heterocycles. The fourth-order valence-corrected chi connectivity index (χ4v) is 3.36. The number of fused-ring (bicyclic) bond motifs is 1. The van der Waals surface area contributed by atoms with Crippen LogP contribution in [0, 0.1) is 3.95 Å². The van der Waals surface area contributed by atoms with Gasteiger partial charge in [0.1, 0.15) is 0 Å². The Labute approximate surface area is 108 Å². The first-order valence-electron chi connectivity index (χ1n) is 4.73. The lowest BCUT2D eigenvalue weighted by Gasteiger charge is -2.04. The first-order valence-corrected chi connectivity index (χ1v) is 7.53. The van der Waals surface area contributed by atoms with Crippen molar-refractivity contribution >= 4 is 43.9 Å². The molecule has 2 rings (SSSR count). The number of hydrogen-bond acceptors (Lipinski definition) is 6. The molecule has 17 heavy (non-hydrogen) atoms. The second-order valence-corrected chi connectivity index (χ2v) is 6.74. The Morgan fingerprint density at radius 2 is 2.12 bits per heavy atom. The minimum absolute atomic E-state index is 0.196. The summed E-state index contributed by atoms with van der Waals surface area (Å²) in [7, 11) is -3.67. The molecule has 2 aromatic rings. The minimum Gasteiger partial charge on any atom is -0.322 e. The average molecular weight is 290 g/mol. The quantitative estimate of drug-likeness (QED) is 0.684. The van der Waals surface area contributed by atoms with Crippen LogP contribution in [0.25, 0.3) is 10.2 Å². The lowest BCUT2D eigenvalue weighted by Crippen LogP contribution is -2.18. The zero-order valence-corrected chi connectivity index (χ0v) is 11.1. The Bertz CT molecular complexity index is 687. The van der Waals surface area contributed by atoms with Crippen molar-refractivity contribution < 1.29 is 12.7 Å². The number of nitrogens with zero attached hydrogens (tertiary/aromatic N) is 1. The molecular weight excluding hydrogens is 280 g/mol. The van der Waals surface area contributed by atoms with E-state index in [0.717, 1.165) is 10.2 Å². The Kier molecular flexibility index (Phi) is 3.59. The van der Waals surface area contributed by atoms with Crippen molar-refractivity contribution in [3.63, 3.8) is 0 Å². The third-order valence-corrected chi connectivity index (χ3v) is 4.69. The summed E-state index contributed by atoms with van der Waals surface area (Å²) in [6.45, 7) is 0.238. The molecule has 0 aliphatic carbocycles. The number of hydrogen-bond donors (Lipinski definition) is 1. The first-order chi connectivity index (χ1) is 8.03. The van der Waals surface area contributed by atoms with E-state index in [1.54, 1.807) is 4.57 Å². The van der Waals surface area contributed by atoms with Gasteiger partial charge in [-0.2, -0.15) is 18.6 Å². The number of rotatable bonds is 4. The van der Waals surface area contributed by atoms with E-state index in [2.05, 4.69) is 10.2 Å². The van der Waals surface area contributed by atoms with Gasteiger partial charge in [0.2, 0.25) is 0 Å². The van der Waals surface area contributed by atoms with Gasteiger partial charge in [-0.05, 0) is 24.4 Å². The van der Waals surface area contributed by atoms with Crippen LogP contribution in [0.4, 0.5) is 0 Å². The second-order valence-electron chi connectivity index (χ2n) is 3.35. The van der Waals surface area contributed by atoms with Crippen molar-refractivity contribution in [2.75, 3.05) is 5.75 Å². The standard InChI is InChI=1S/C9H10N2O3S3/c10-14-17(12,13)6-5-11-7-3-1-2-4-8(7)16-9(11)15/h1-4H,5-6,10H2. The van der Waals surface area contributed by atoms with Gasteiger partial charge >= 0.3 is 0 Å². The van der Waals surface area contributed by atoms with Crippen LogP contribution in [0.5, 0.6) is 0 Å². The van der Waals surface area contributed by atoms with Gasteiger partial charge in [0.25, 0.3) is 10.1 Å². The van der Waals surface area contributed by atoms with Gasteiger partial charge in [0, 0.05) is 6.54 Å². The molecule has 0 aliphatic rings. The van der Waals surface area contributed by atoms with E-state index in [1.807, 2.05) is 24.3 Å². The monoisotopic (exact) mass is 290 g/mol. The van der Waals surface area contributed by atoms with Crippen molar-refractivity contribution in [3.8, 4) is 0 Å². The number of para-hydroxylation sites is 1. The Balaban J connectivity index is 2.36. The van der Waals surface area contributed by atoms with E-state index < -0.39 is 10.1 Å². The molecule has 0 saturated heterocycles. The van der Waals surface area contributed by atoms with Gasteiger partial charge in [-0.1, -0.05) is 12.1 Å². The Morgan fingerprint density at radius 3 is 2.82 bits per heavy atom. The van der Waals surface area contributed by atoms with Gasteiger partial charge in [-0.3, -0.25) is 0 Å². The zero-order chi connectivity index (χ0) is 12.5. The summed E-state index contributed by atoms with van der Waals surface area (Å²) < 4.78 is 29.7. The molecule has 92 valence electrons. The Hall–Kier alpha value is -0.800. The third-order valence-electron chi connectivity index (χ3n) is 2.29. The number of thiazole rings is 1. The van der Waals surface area contributed by atoms with Crippen LogP contribution in [0.3, 0.4) is 0 Å². The normalized spacial score (nSPS) is 12.1. The van der Waals surface area contributed by atoms with Gasteiger partial charge < -0.3 is 4.57 Å². The highest BCUT2D eigenvalue weighted by Gasteiger charge is 2.11. The highest BCUT2D eigenvalue weighted by molar-refractivity contribution is 7.86. The summed E-state index contributed by atoms with van der Waals surface area (Å²) in [5.41, 5.74) is 0.926. The van der Waals surface area contributed by atoms with Gasteiger partial charge in [0.05, 0.1) is 16.0 Å². The molecule has 0 saturated carbocycles. The van der Waals surface area contributed by atoms with Crippen LogP contribution < -0.4 is 5.90 Å². The van der Waals surface area contributed by atoms with E-state index in [-0.39, 0.29) is 12.3 Å². The summed E-state index contributed by atoms with van der Waals surface area (Å²) >= 11 is 6.64. The summed E-state index contributed by atoms with van der Waals surface area (Å²) in [6, 6.07) is 7.64. The Morgan fingerprint density at radius 1 is 1.41 bits per heavy atom. The van der Waals surface area contributed by atoms with E-state index in [0.29, 0.717) is 3.95 Å². The van der Waals surface area contributed by atoms with Gasteiger partial charge in [0.15, 0.2) is 3.95 Å². The number of aromatic nitrogens is 1. The predicted molar refractivity (Wildman–Crippen MR) is 69.7 cm³/mol. The van der Waals surface area contributed by atoms with Crippen LogP contribution in [-0.2, 0) is 20.9 Å². The first kappa shape index (κ1) is 12.7. The van der Waals surface area contributed by atoms with E-state index in [4.69, 9.17) is 12.2 Å². The van der Waals surface area contributed by atoms with Crippen molar-refractivity contribution in [1.82, 2.24) is 4.57 Å². The SMILES string of the molecule is NOS(=O)(=O)CCn1c(=S)sc2ccccc21. The highest BCUT2D eigenvalue weighted by atomic mass is 32.2. The van der Waals surface area contributed by atoms with Crippen LogP contribution in [0.2, 0.25) is 0 Å². The van der Waals surface area contributed by atoms with Gasteiger partial charge in [-0.25, -0.2) is 0 Å². The molecule has 1 heterocycles. The van der Waals surface area contributed by atoms with Crippen LogP contribution in [-0.4, -0.2) is 18.7 Å². The molecule has 0 amide bonds. The number of aryl methyl sites for hydroxylation is 1. The van der Waals surface area contributed by atoms with Crippen molar-refractivity contribution in [1.29, 1.82) is 0 Å². The minimum atomic E-state index is -3.67. The molecule has 0 bridgehead atoms. The number of benzene rings is 1.